The molecule has 4 heteroatoms. The molecule has 0 spiro atoms. The second kappa shape index (κ2) is 6.12. The number of hydrogen-bond acceptors (Lipinski definition) is 2. The number of fused-ring (bicyclic) bond motifs is 1. The number of aromatic nitrogens is 1. The predicted molar refractivity (Wildman–Crippen MR) is 99.6 cm³/mol. The third kappa shape index (κ3) is 2.88. The highest BCUT2D eigenvalue weighted by atomic mass is 127. The summed E-state index contributed by atoms with van der Waals surface area (Å²) in [5.41, 5.74) is 4.24. The lowest BCUT2D eigenvalue weighted by molar-refractivity contribution is 0.112. The van der Waals surface area contributed by atoms with Crippen LogP contribution >= 0.6 is 22.6 Å². The Labute approximate surface area is 143 Å². The zero-order valence-corrected chi connectivity index (χ0v) is 14.7. The quantitative estimate of drug-likeness (QED) is 0.474. The van der Waals surface area contributed by atoms with Crippen molar-refractivity contribution in [3.05, 3.63) is 63.4 Å². The molecule has 0 N–H and O–H groups in total. The van der Waals surface area contributed by atoms with Crippen LogP contribution < -0.4 is 4.90 Å². The van der Waals surface area contributed by atoms with Gasteiger partial charge in [-0.05, 0) is 59.8 Å². The van der Waals surface area contributed by atoms with Crippen molar-refractivity contribution in [3.8, 4) is 0 Å². The molecule has 3 rings (SSSR count). The van der Waals surface area contributed by atoms with Crippen LogP contribution in [0.3, 0.4) is 0 Å². The first-order valence-electron chi connectivity index (χ1n) is 7.10. The van der Waals surface area contributed by atoms with Crippen molar-refractivity contribution in [3.63, 3.8) is 0 Å². The summed E-state index contributed by atoms with van der Waals surface area (Å²) in [6.45, 7) is 2.79. The standard InChI is InChI=1S/C18H17IN2O/c1-13-3-6-16(7-4-13)20(2)12-21-10-14(11-22)17-9-15(19)5-8-18(17)21/h3-11H,12H2,1-2H3. The number of aryl methyl sites for hydroxylation is 1. The van der Waals surface area contributed by atoms with Gasteiger partial charge in [0, 0.05) is 33.5 Å². The van der Waals surface area contributed by atoms with E-state index in [1.807, 2.05) is 6.20 Å². The Hall–Kier alpha value is -1.82. The summed E-state index contributed by atoms with van der Waals surface area (Å²) >= 11 is 2.27. The van der Waals surface area contributed by atoms with Gasteiger partial charge in [-0.2, -0.15) is 0 Å². The van der Waals surface area contributed by atoms with Crippen LogP contribution in [0.15, 0.2) is 48.7 Å². The number of aldehydes is 1. The third-order valence-corrected chi connectivity index (χ3v) is 4.51. The number of halogens is 1. The Morgan fingerprint density at radius 3 is 2.59 bits per heavy atom. The molecule has 0 aliphatic carbocycles. The van der Waals surface area contributed by atoms with Gasteiger partial charge in [-0.3, -0.25) is 4.79 Å². The first-order valence-corrected chi connectivity index (χ1v) is 8.18. The molecule has 2 aromatic carbocycles. The highest BCUT2D eigenvalue weighted by Gasteiger charge is 2.10. The molecule has 0 saturated heterocycles. The number of rotatable bonds is 4. The third-order valence-electron chi connectivity index (χ3n) is 3.84. The SMILES string of the molecule is Cc1ccc(N(C)Cn2cc(C=O)c3cc(I)ccc32)cc1. The van der Waals surface area contributed by atoms with Gasteiger partial charge in [-0.1, -0.05) is 17.7 Å². The van der Waals surface area contributed by atoms with Gasteiger partial charge in [-0.25, -0.2) is 0 Å². The molecule has 0 aliphatic heterocycles. The molecule has 0 amide bonds. The van der Waals surface area contributed by atoms with Crippen molar-refractivity contribution in [2.24, 2.45) is 0 Å². The fraction of sp³-hybridized carbons (Fsp3) is 0.167. The molecule has 3 aromatic rings. The molecule has 0 unspecified atom stereocenters. The van der Waals surface area contributed by atoms with Gasteiger partial charge in [0.2, 0.25) is 0 Å². The summed E-state index contributed by atoms with van der Waals surface area (Å²) in [5, 5.41) is 1.01. The largest absolute Gasteiger partial charge is 0.357 e. The van der Waals surface area contributed by atoms with Crippen LogP contribution in [0.1, 0.15) is 15.9 Å². The van der Waals surface area contributed by atoms with E-state index in [0.29, 0.717) is 6.67 Å². The van der Waals surface area contributed by atoms with Crippen LogP contribution in [-0.2, 0) is 6.67 Å². The molecule has 1 aromatic heterocycles. The highest BCUT2D eigenvalue weighted by molar-refractivity contribution is 14.1. The second-order valence-corrected chi connectivity index (χ2v) is 6.75. The zero-order valence-electron chi connectivity index (χ0n) is 12.6. The van der Waals surface area contributed by atoms with Gasteiger partial charge in [0.25, 0.3) is 0 Å². The van der Waals surface area contributed by atoms with Crippen molar-refractivity contribution in [1.82, 2.24) is 4.57 Å². The summed E-state index contributed by atoms with van der Waals surface area (Å²) < 4.78 is 3.26. The van der Waals surface area contributed by atoms with Gasteiger partial charge in [0.1, 0.15) is 0 Å². The van der Waals surface area contributed by atoms with E-state index in [1.165, 1.54) is 5.56 Å². The lowest BCUT2D eigenvalue weighted by atomic mass is 10.2. The molecule has 0 saturated carbocycles. The van der Waals surface area contributed by atoms with Crippen LogP contribution in [0.4, 0.5) is 5.69 Å². The number of benzene rings is 2. The van der Waals surface area contributed by atoms with Crippen LogP contribution in [0.25, 0.3) is 10.9 Å². The van der Waals surface area contributed by atoms with E-state index < -0.39 is 0 Å². The molecule has 0 fully saturated rings. The molecule has 1 heterocycles. The Balaban J connectivity index is 1.96. The molecule has 112 valence electrons. The summed E-state index contributed by atoms with van der Waals surface area (Å²) in [4.78, 5) is 13.5. The molecule has 22 heavy (non-hydrogen) atoms. The Bertz CT molecular complexity index is 821. The van der Waals surface area contributed by atoms with E-state index in [0.717, 1.165) is 32.0 Å². The molecule has 0 radical (unpaired) electrons. The highest BCUT2D eigenvalue weighted by Crippen LogP contribution is 2.24. The monoisotopic (exact) mass is 404 g/mol. The zero-order chi connectivity index (χ0) is 15.7. The molecule has 3 nitrogen and oxygen atoms in total. The maximum atomic E-state index is 11.3. The topological polar surface area (TPSA) is 25.2 Å². The fourth-order valence-electron chi connectivity index (χ4n) is 2.62. The van der Waals surface area contributed by atoms with Crippen LogP contribution in [0.2, 0.25) is 0 Å². The minimum absolute atomic E-state index is 0.702. The molecule has 0 atom stereocenters. The van der Waals surface area contributed by atoms with Crippen LogP contribution in [0.5, 0.6) is 0 Å². The number of carbonyl (C=O) groups is 1. The summed E-state index contributed by atoms with van der Waals surface area (Å²) in [7, 11) is 2.06. The fourth-order valence-corrected chi connectivity index (χ4v) is 3.11. The van der Waals surface area contributed by atoms with Crippen molar-refractivity contribution in [2.75, 3.05) is 11.9 Å². The van der Waals surface area contributed by atoms with Crippen molar-refractivity contribution < 1.29 is 4.79 Å². The summed E-state index contributed by atoms with van der Waals surface area (Å²) in [6, 6.07) is 14.7. The first-order chi connectivity index (χ1) is 10.6. The maximum absolute atomic E-state index is 11.3. The van der Waals surface area contributed by atoms with Crippen molar-refractivity contribution in [1.29, 1.82) is 0 Å². The van der Waals surface area contributed by atoms with E-state index in [4.69, 9.17) is 0 Å². The number of nitrogens with zero attached hydrogens (tertiary/aromatic N) is 2. The van der Waals surface area contributed by atoms with E-state index in [1.54, 1.807) is 0 Å². The number of carbonyl (C=O) groups excluding carboxylic acids is 1. The number of hydrogen-bond donors (Lipinski definition) is 0. The average molecular weight is 404 g/mol. The van der Waals surface area contributed by atoms with Gasteiger partial charge in [0.05, 0.1) is 12.2 Å². The minimum atomic E-state index is 0.702. The van der Waals surface area contributed by atoms with Gasteiger partial charge in [0.15, 0.2) is 6.29 Å². The Morgan fingerprint density at radius 2 is 1.91 bits per heavy atom. The number of anilines is 1. The van der Waals surface area contributed by atoms with E-state index in [9.17, 15) is 4.79 Å². The minimum Gasteiger partial charge on any atom is -0.357 e. The molecular formula is C18H17IN2O. The molecular weight excluding hydrogens is 387 g/mol. The van der Waals surface area contributed by atoms with Crippen molar-refractivity contribution in [2.45, 2.75) is 13.6 Å². The first kappa shape index (κ1) is 15.1. The maximum Gasteiger partial charge on any atom is 0.152 e. The van der Waals surface area contributed by atoms with Gasteiger partial charge in [-0.15, -0.1) is 0 Å². The van der Waals surface area contributed by atoms with E-state index >= 15 is 0 Å². The second-order valence-electron chi connectivity index (χ2n) is 5.51. The van der Waals surface area contributed by atoms with Crippen LogP contribution in [-0.4, -0.2) is 17.9 Å². The lowest BCUT2D eigenvalue weighted by Crippen LogP contribution is -2.20. The molecule has 0 aliphatic rings. The summed E-state index contributed by atoms with van der Waals surface area (Å²) in [5.74, 6) is 0. The molecule has 0 bridgehead atoms. The Morgan fingerprint density at radius 1 is 1.18 bits per heavy atom. The average Bonchev–Trinajstić information content (AvgIpc) is 2.85. The summed E-state index contributed by atoms with van der Waals surface area (Å²) in [6.07, 6.45) is 2.86. The van der Waals surface area contributed by atoms with E-state index in [-0.39, 0.29) is 0 Å². The van der Waals surface area contributed by atoms with Crippen LogP contribution in [0, 0.1) is 10.5 Å². The van der Waals surface area contributed by atoms with Gasteiger partial charge < -0.3 is 9.47 Å². The normalized spacial score (nSPS) is 10.9. The van der Waals surface area contributed by atoms with E-state index in [2.05, 4.69) is 88.5 Å². The lowest BCUT2D eigenvalue weighted by Gasteiger charge is -2.21. The van der Waals surface area contributed by atoms with Gasteiger partial charge >= 0.3 is 0 Å². The smallest absolute Gasteiger partial charge is 0.152 e. The predicted octanol–water partition coefficient (Wildman–Crippen LogP) is 4.46. The van der Waals surface area contributed by atoms with Crippen molar-refractivity contribution >= 4 is 45.5 Å². The Kier molecular flexibility index (Phi) is 4.20.